The van der Waals surface area contributed by atoms with Gasteiger partial charge in [0.1, 0.15) is 5.75 Å². The third kappa shape index (κ3) is 7.05. The Morgan fingerprint density at radius 2 is 1.75 bits per heavy atom. The molecule has 2 amide bonds. The molecule has 0 atom stereocenters. The summed E-state index contributed by atoms with van der Waals surface area (Å²) in [5, 5.41) is 11.1. The second-order valence-corrected chi connectivity index (χ2v) is 8.28. The molecule has 0 aliphatic carbocycles. The summed E-state index contributed by atoms with van der Waals surface area (Å²) < 4.78 is 11.1. The third-order valence-corrected chi connectivity index (χ3v) is 5.40. The number of methoxy groups -OCH3 is 1. The predicted molar refractivity (Wildman–Crippen MR) is 119 cm³/mol. The maximum Gasteiger partial charge on any atom is 0.234 e. The highest BCUT2D eigenvalue weighted by molar-refractivity contribution is 5.78. The van der Waals surface area contributed by atoms with E-state index in [0.717, 1.165) is 17.7 Å². The normalized spacial score (nSPS) is 14.6. The molecular weight excluding hydrogens is 410 g/mol. The van der Waals surface area contributed by atoms with Gasteiger partial charge in [-0.2, -0.15) is 0 Å². The smallest absolute Gasteiger partial charge is 0.234 e. The lowest BCUT2D eigenvalue weighted by molar-refractivity contribution is -0.133. The number of benzene rings is 1. The number of hydrogen-bond acceptors (Lipinski definition) is 7. The van der Waals surface area contributed by atoms with Crippen LogP contribution in [0.1, 0.15) is 37.6 Å². The summed E-state index contributed by atoms with van der Waals surface area (Å²) >= 11 is 0. The maximum absolute atomic E-state index is 12.6. The number of hydrogen-bond donors (Lipinski definition) is 1. The zero-order chi connectivity index (χ0) is 22.9. The molecule has 1 fully saturated rings. The Morgan fingerprint density at radius 1 is 1.06 bits per heavy atom. The van der Waals surface area contributed by atoms with E-state index in [2.05, 4.69) is 20.4 Å². The van der Waals surface area contributed by atoms with Crippen LogP contribution in [0.15, 0.2) is 28.7 Å². The van der Waals surface area contributed by atoms with Crippen molar-refractivity contribution in [2.75, 3.05) is 39.8 Å². The largest absolute Gasteiger partial charge is 0.496 e. The van der Waals surface area contributed by atoms with Crippen LogP contribution in [0.3, 0.4) is 0 Å². The van der Waals surface area contributed by atoms with Crippen LogP contribution < -0.4 is 10.1 Å². The van der Waals surface area contributed by atoms with Crippen molar-refractivity contribution in [3.8, 4) is 5.75 Å². The summed E-state index contributed by atoms with van der Waals surface area (Å²) in [6.07, 6.45) is 2.12. The molecule has 1 aromatic heterocycles. The number of ether oxygens (including phenoxy) is 1. The summed E-state index contributed by atoms with van der Waals surface area (Å²) in [7, 11) is 1.66. The SMILES string of the molecule is COc1ccccc1CCc1nnc(CCC(=O)N2CCN(CC(=O)NC(C)C)CC2)o1. The molecular formula is C23H33N5O4. The van der Waals surface area contributed by atoms with Gasteiger partial charge in [-0.3, -0.25) is 14.5 Å². The van der Waals surface area contributed by atoms with E-state index in [0.29, 0.717) is 63.8 Å². The molecule has 0 unspecified atom stereocenters. The van der Waals surface area contributed by atoms with Crippen LogP contribution in [0, 0.1) is 0 Å². The number of nitrogens with one attached hydrogen (secondary N) is 1. The van der Waals surface area contributed by atoms with E-state index in [4.69, 9.17) is 9.15 Å². The quantitative estimate of drug-likeness (QED) is 0.593. The van der Waals surface area contributed by atoms with Crippen LogP contribution in [-0.4, -0.2) is 77.7 Å². The predicted octanol–water partition coefficient (Wildman–Crippen LogP) is 1.46. The molecule has 0 radical (unpaired) electrons. The van der Waals surface area contributed by atoms with Crippen molar-refractivity contribution >= 4 is 11.8 Å². The van der Waals surface area contributed by atoms with E-state index < -0.39 is 0 Å². The number of piperazine rings is 1. The van der Waals surface area contributed by atoms with Gasteiger partial charge in [-0.15, -0.1) is 10.2 Å². The van der Waals surface area contributed by atoms with Crippen molar-refractivity contribution in [3.05, 3.63) is 41.6 Å². The molecule has 174 valence electrons. The highest BCUT2D eigenvalue weighted by Gasteiger charge is 2.23. The number of nitrogens with zero attached hydrogens (tertiary/aromatic N) is 4. The lowest BCUT2D eigenvalue weighted by atomic mass is 10.1. The topological polar surface area (TPSA) is 101 Å². The van der Waals surface area contributed by atoms with Crippen LogP contribution in [0.4, 0.5) is 0 Å². The maximum atomic E-state index is 12.6. The minimum atomic E-state index is 0.0256. The van der Waals surface area contributed by atoms with E-state index in [1.54, 1.807) is 7.11 Å². The third-order valence-electron chi connectivity index (χ3n) is 5.40. The van der Waals surface area contributed by atoms with Crippen molar-refractivity contribution in [1.82, 2.24) is 25.3 Å². The lowest BCUT2D eigenvalue weighted by Gasteiger charge is -2.34. The Balaban J connectivity index is 1.38. The molecule has 1 aliphatic heterocycles. The van der Waals surface area contributed by atoms with Gasteiger partial charge in [0.15, 0.2) is 0 Å². The zero-order valence-electron chi connectivity index (χ0n) is 19.2. The van der Waals surface area contributed by atoms with Gasteiger partial charge >= 0.3 is 0 Å². The highest BCUT2D eigenvalue weighted by Crippen LogP contribution is 2.19. The Hall–Kier alpha value is -2.94. The number of para-hydroxylation sites is 1. The van der Waals surface area contributed by atoms with Crippen LogP contribution in [0.25, 0.3) is 0 Å². The number of amides is 2. The molecule has 1 N–H and O–H groups in total. The molecule has 1 saturated heterocycles. The first-order valence-corrected chi connectivity index (χ1v) is 11.2. The average molecular weight is 444 g/mol. The summed E-state index contributed by atoms with van der Waals surface area (Å²) in [6, 6.07) is 8.00. The van der Waals surface area contributed by atoms with Gasteiger partial charge in [-0.05, 0) is 31.9 Å². The standard InChI is InChI=1S/C23H33N5O4/c1-17(2)24-20(29)16-27-12-14-28(15-13-27)23(30)11-10-22-26-25-21(32-22)9-8-18-6-4-5-7-19(18)31-3/h4-7,17H,8-16H2,1-3H3,(H,24,29). The molecule has 0 spiro atoms. The number of carbonyl (C=O) groups is 2. The molecule has 2 aromatic rings. The molecule has 0 bridgehead atoms. The van der Waals surface area contributed by atoms with Gasteiger partial charge in [0.2, 0.25) is 23.6 Å². The Labute approximate surface area is 189 Å². The number of rotatable bonds is 10. The molecule has 0 saturated carbocycles. The minimum absolute atomic E-state index is 0.0256. The Morgan fingerprint density at radius 3 is 2.44 bits per heavy atom. The van der Waals surface area contributed by atoms with Crippen LogP contribution in [0.2, 0.25) is 0 Å². The molecule has 1 aromatic carbocycles. The molecule has 1 aliphatic rings. The van der Waals surface area contributed by atoms with E-state index in [9.17, 15) is 9.59 Å². The summed E-state index contributed by atoms with van der Waals surface area (Å²) in [5.41, 5.74) is 1.09. The first-order chi connectivity index (χ1) is 15.4. The molecule has 9 heteroatoms. The van der Waals surface area contributed by atoms with Crippen molar-refractivity contribution in [2.24, 2.45) is 0 Å². The van der Waals surface area contributed by atoms with Crippen molar-refractivity contribution in [3.63, 3.8) is 0 Å². The zero-order valence-corrected chi connectivity index (χ0v) is 19.2. The van der Waals surface area contributed by atoms with E-state index in [1.807, 2.05) is 43.0 Å². The highest BCUT2D eigenvalue weighted by atomic mass is 16.5. The van der Waals surface area contributed by atoms with Crippen LogP contribution in [-0.2, 0) is 28.9 Å². The van der Waals surface area contributed by atoms with Crippen LogP contribution >= 0.6 is 0 Å². The fourth-order valence-electron chi connectivity index (χ4n) is 3.74. The Bertz CT molecular complexity index is 890. The first-order valence-electron chi connectivity index (χ1n) is 11.2. The minimum Gasteiger partial charge on any atom is -0.496 e. The van der Waals surface area contributed by atoms with E-state index >= 15 is 0 Å². The van der Waals surface area contributed by atoms with Gasteiger partial charge in [-0.25, -0.2) is 0 Å². The van der Waals surface area contributed by atoms with E-state index in [1.165, 1.54) is 0 Å². The fourth-order valence-corrected chi connectivity index (χ4v) is 3.74. The van der Waals surface area contributed by atoms with Crippen molar-refractivity contribution < 1.29 is 18.7 Å². The number of aryl methyl sites for hydroxylation is 3. The van der Waals surface area contributed by atoms with Crippen molar-refractivity contribution in [2.45, 2.75) is 45.6 Å². The van der Waals surface area contributed by atoms with Gasteiger partial charge in [0.05, 0.1) is 13.7 Å². The number of aromatic nitrogens is 2. The van der Waals surface area contributed by atoms with Gasteiger partial charge in [-0.1, -0.05) is 18.2 Å². The van der Waals surface area contributed by atoms with E-state index in [-0.39, 0.29) is 17.9 Å². The Kier molecular flexibility index (Phi) is 8.61. The van der Waals surface area contributed by atoms with Gasteiger partial charge in [0.25, 0.3) is 0 Å². The summed E-state index contributed by atoms with van der Waals surface area (Å²) in [4.78, 5) is 28.4. The fraction of sp³-hybridized carbons (Fsp3) is 0.565. The van der Waals surface area contributed by atoms with Crippen molar-refractivity contribution in [1.29, 1.82) is 0 Å². The second-order valence-electron chi connectivity index (χ2n) is 8.28. The average Bonchev–Trinajstić information content (AvgIpc) is 3.24. The molecule has 3 rings (SSSR count). The van der Waals surface area contributed by atoms with Gasteiger partial charge < -0.3 is 19.4 Å². The molecule has 32 heavy (non-hydrogen) atoms. The van der Waals surface area contributed by atoms with Gasteiger partial charge in [0, 0.05) is 51.5 Å². The molecule has 2 heterocycles. The monoisotopic (exact) mass is 443 g/mol. The van der Waals surface area contributed by atoms with Crippen LogP contribution in [0.5, 0.6) is 5.75 Å². The number of carbonyl (C=O) groups excluding carboxylic acids is 2. The first kappa shape index (κ1) is 23.7. The lowest BCUT2D eigenvalue weighted by Crippen LogP contribution is -2.51. The molecule has 9 nitrogen and oxygen atoms in total. The summed E-state index contributed by atoms with van der Waals surface area (Å²) in [5.74, 6) is 1.99. The summed E-state index contributed by atoms with van der Waals surface area (Å²) in [6.45, 7) is 6.92. The second kappa shape index (κ2) is 11.6.